The second-order valence-corrected chi connectivity index (χ2v) is 5.27. The van der Waals surface area contributed by atoms with E-state index in [0.717, 1.165) is 0 Å². The highest BCUT2D eigenvalue weighted by Gasteiger charge is 1.80. The Bertz CT molecular complexity index is 524. The number of rotatable bonds is 4. The highest BCUT2D eigenvalue weighted by Crippen LogP contribution is 2.02. The van der Waals surface area contributed by atoms with Crippen molar-refractivity contribution in [2.24, 2.45) is 0 Å². The van der Waals surface area contributed by atoms with Crippen LogP contribution in [0.2, 0.25) is 0 Å². The zero-order chi connectivity index (χ0) is 16.0. The molecule has 0 fully saturated rings. The minimum Gasteiger partial charge on any atom is -0.312 e. The summed E-state index contributed by atoms with van der Waals surface area (Å²) < 4.78 is 0. The van der Waals surface area contributed by atoms with Gasteiger partial charge >= 0.3 is 0 Å². The lowest BCUT2D eigenvalue weighted by molar-refractivity contribution is 0.505. The molecule has 1 heteroatoms. The van der Waals surface area contributed by atoms with Crippen molar-refractivity contribution >= 4 is 12.2 Å². The average Bonchev–Trinajstić information content (AvgIpc) is 2.52. The van der Waals surface area contributed by atoms with E-state index in [-0.39, 0.29) is 0 Å². The Morgan fingerprint density at radius 3 is 1.18 bits per heavy atom. The minimum atomic E-state index is 1.22. The molecule has 1 nitrogen and oxygen atoms in total. The largest absolute Gasteiger partial charge is 0.312 e. The first-order chi connectivity index (χ1) is 10.7. The Hall–Kier alpha value is -2.38. The fourth-order valence-corrected chi connectivity index (χ4v) is 1.59. The van der Waals surface area contributed by atoms with Crippen LogP contribution in [-0.2, 0) is 0 Å². The first-order valence-corrected chi connectivity index (χ1v) is 7.41. The van der Waals surface area contributed by atoms with E-state index >= 15 is 0 Å². The molecule has 0 unspecified atom stereocenters. The number of nitrogens with zero attached hydrogens (tertiary/aromatic N) is 1. The SMILES string of the molecule is C(=CC=Cc1ccccc1)C=Cc1ccccc1.CN(C)C. The first kappa shape index (κ1) is 17.7. The van der Waals surface area contributed by atoms with Crippen LogP contribution < -0.4 is 0 Å². The lowest BCUT2D eigenvalue weighted by Crippen LogP contribution is -1.99. The van der Waals surface area contributed by atoms with E-state index in [2.05, 4.69) is 36.4 Å². The van der Waals surface area contributed by atoms with E-state index in [1.54, 1.807) is 0 Å². The van der Waals surface area contributed by atoms with Gasteiger partial charge in [0.25, 0.3) is 0 Å². The molecule has 0 saturated heterocycles. The molecule has 2 rings (SSSR count). The Balaban J connectivity index is 0.000000541. The van der Waals surface area contributed by atoms with Gasteiger partial charge in [-0.25, -0.2) is 0 Å². The summed E-state index contributed by atoms with van der Waals surface area (Å²) in [4.78, 5) is 2.00. The van der Waals surface area contributed by atoms with Gasteiger partial charge in [0.15, 0.2) is 0 Å². The van der Waals surface area contributed by atoms with Crippen molar-refractivity contribution in [2.75, 3.05) is 21.1 Å². The third-order valence-corrected chi connectivity index (χ3v) is 2.51. The van der Waals surface area contributed by atoms with Gasteiger partial charge in [0, 0.05) is 0 Å². The highest BCUT2D eigenvalue weighted by molar-refractivity contribution is 5.53. The summed E-state index contributed by atoms with van der Waals surface area (Å²) in [6, 6.07) is 20.6. The second kappa shape index (κ2) is 11.3. The van der Waals surface area contributed by atoms with Gasteiger partial charge in [-0.15, -0.1) is 0 Å². The van der Waals surface area contributed by atoms with Gasteiger partial charge in [0.1, 0.15) is 0 Å². The summed E-state index contributed by atoms with van der Waals surface area (Å²) in [5.41, 5.74) is 2.43. The maximum atomic E-state index is 2.09. The number of benzene rings is 2. The van der Waals surface area contributed by atoms with Crippen molar-refractivity contribution < 1.29 is 0 Å². The molecule has 0 aliphatic carbocycles. The molecule has 0 bridgehead atoms. The lowest BCUT2D eigenvalue weighted by Gasteiger charge is -1.90. The molecule has 0 heterocycles. The molecule has 0 amide bonds. The topological polar surface area (TPSA) is 3.24 Å². The van der Waals surface area contributed by atoms with E-state index in [4.69, 9.17) is 0 Å². The minimum absolute atomic E-state index is 1.22. The van der Waals surface area contributed by atoms with Gasteiger partial charge in [-0.05, 0) is 32.3 Å². The van der Waals surface area contributed by atoms with Crippen LogP contribution in [0.25, 0.3) is 12.2 Å². The van der Waals surface area contributed by atoms with Crippen LogP contribution in [0.5, 0.6) is 0 Å². The molecule has 0 saturated carbocycles. The molecule has 114 valence electrons. The monoisotopic (exact) mass is 291 g/mol. The fraction of sp³-hybridized carbons (Fsp3) is 0.143. The van der Waals surface area contributed by atoms with E-state index in [1.165, 1.54) is 11.1 Å². The standard InChI is InChI=1S/C18H16.C3H9N/c1(5-11-17-13-7-3-8-14-17)2-6-12-18-15-9-4-10-16-18;1-4(2)3/h1-16H;1-3H3. The molecule has 0 aliphatic rings. The van der Waals surface area contributed by atoms with Gasteiger partial charge in [0.2, 0.25) is 0 Å². The second-order valence-electron chi connectivity index (χ2n) is 5.27. The van der Waals surface area contributed by atoms with Gasteiger partial charge in [-0.1, -0.05) is 97.1 Å². The van der Waals surface area contributed by atoms with Crippen molar-refractivity contribution in [1.29, 1.82) is 0 Å². The predicted octanol–water partition coefficient (Wildman–Crippen LogP) is 5.15. The Morgan fingerprint density at radius 1 is 0.545 bits per heavy atom. The van der Waals surface area contributed by atoms with E-state index in [0.29, 0.717) is 0 Å². The van der Waals surface area contributed by atoms with Crippen LogP contribution in [0.1, 0.15) is 11.1 Å². The maximum Gasteiger partial charge on any atom is -0.0140 e. The van der Waals surface area contributed by atoms with Crippen molar-refractivity contribution in [2.45, 2.75) is 0 Å². The van der Waals surface area contributed by atoms with Crippen LogP contribution in [0, 0.1) is 0 Å². The first-order valence-electron chi connectivity index (χ1n) is 7.41. The maximum absolute atomic E-state index is 2.09. The number of hydrogen-bond donors (Lipinski definition) is 0. The third kappa shape index (κ3) is 9.51. The van der Waals surface area contributed by atoms with E-state index in [9.17, 15) is 0 Å². The summed E-state index contributed by atoms with van der Waals surface area (Å²) in [6.45, 7) is 0. The quantitative estimate of drug-likeness (QED) is 0.704. The Labute approximate surface area is 134 Å². The van der Waals surface area contributed by atoms with Gasteiger partial charge in [-0.3, -0.25) is 0 Å². The molecule has 0 radical (unpaired) electrons. The van der Waals surface area contributed by atoms with Gasteiger partial charge in [-0.2, -0.15) is 0 Å². The molecular formula is C21H25N. The van der Waals surface area contributed by atoms with Crippen LogP contribution in [0.4, 0.5) is 0 Å². The predicted molar refractivity (Wildman–Crippen MR) is 99.7 cm³/mol. The normalized spacial score (nSPS) is 11.3. The molecule has 0 N–H and O–H groups in total. The van der Waals surface area contributed by atoms with Crippen LogP contribution >= 0.6 is 0 Å². The Morgan fingerprint density at radius 2 is 0.864 bits per heavy atom. The molecule has 0 aromatic heterocycles. The molecule has 0 spiro atoms. The van der Waals surface area contributed by atoms with Crippen LogP contribution in [0.15, 0.2) is 85.0 Å². The molecule has 0 aliphatic heterocycles. The number of hydrogen-bond acceptors (Lipinski definition) is 1. The summed E-state index contributed by atoms with van der Waals surface area (Å²) in [7, 11) is 6.00. The van der Waals surface area contributed by atoms with Crippen molar-refractivity contribution in [3.8, 4) is 0 Å². The lowest BCUT2D eigenvalue weighted by atomic mass is 10.2. The Kier molecular flexibility index (Phi) is 9.07. The summed E-state index contributed by atoms with van der Waals surface area (Å²) in [5, 5.41) is 0. The summed E-state index contributed by atoms with van der Waals surface area (Å²) in [5.74, 6) is 0. The highest BCUT2D eigenvalue weighted by atomic mass is 15.0. The van der Waals surface area contributed by atoms with Crippen molar-refractivity contribution in [3.63, 3.8) is 0 Å². The van der Waals surface area contributed by atoms with E-state index < -0.39 is 0 Å². The summed E-state index contributed by atoms with van der Waals surface area (Å²) in [6.07, 6.45) is 12.3. The number of allylic oxidation sites excluding steroid dienone is 4. The van der Waals surface area contributed by atoms with Crippen LogP contribution in [0.3, 0.4) is 0 Å². The fourth-order valence-electron chi connectivity index (χ4n) is 1.59. The zero-order valence-electron chi connectivity index (χ0n) is 13.7. The van der Waals surface area contributed by atoms with Crippen molar-refractivity contribution in [1.82, 2.24) is 4.90 Å². The zero-order valence-corrected chi connectivity index (χ0v) is 13.7. The molecule has 2 aromatic rings. The molecular weight excluding hydrogens is 266 g/mol. The smallest absolute Gasteiger partial charge is 0.0140 e. The van der Waals surface area contributed by atoms with Crippen LogP contribution in [-0.4, -0.2) is 26.0 Å². The average molecular weight is 291 g/mol. The molecule has 2 aromatic carbocycles. The van der Waals surface area contributed by atoms with Gasteiger partial charge in [0.05, 0.1) is 0 Å². The van der Waals surface area contributed by atoms with Crippen molar-refractivity contribution in [3.05, 3.63) is 96.1 Å². The molecule has 0 atom stereocenters. The van der Waals surface area contributed by atoms with E-state index in [1.807, 2.05) is 86.7 Å². The third-order valence-electron chi connectivity index (χ3n) is 2.51. The van der Waals surface area contributed by atoms with Gasteiger partial charge < -0.3 is 4.90 Å². The molecule has 22 heavy (non-hydrogen) atoms. The summed E-state index contributed by atoms with van der Waals surface area (Å²) >= 11 is 0.